The third kappa shape index (κ3) is 1.99. The number of halogens is 1. The maximum Gasteiger partial charge on any atom is 0.358 e. The van der Waals surface area contributed by atoms with Crippen molar-refractivity contribution in [3.8, 4) is 11.3 Å². The van der Waals surface area contributed by atoms with Gasteiger partial charge in [0.1, 0.15) is 0 Å². The van der Waals surface area contributed by atoms with Crippen molar-refractivity contribution in [3.63, 3.8) is 0 Å². The minimum atomic E-state index is -1.10. The van der Waals surface area contributed by atoms with Gasteiger partial charge < -0.3 is 9.52 Å². The monoisotopic (exact) mass is 281 g/mol. The van der Waals surface area contributed by atoms with E-state index in [1.54, 1.807) is 6.07 Å². The van der Waals surface area contributed by atoms with E-state index in [0.29, 0.717) is 5.56 Å². The fourth-order valence-electron chi connectivity index (χ4n) is 1.47. The molecule has 0 aliphatic rings. The summed E-state index contributed by atoms with van der Waals surface area (Å²) in [6, 6.07) is 5.57. The lowest BCUT2D eigenvalue weighted by Gasteiger charge is -2.01. The van der Waals surface area contributed by atoms with Gasteiger partial charge in [0.2, 0.25) is 0 Å². The van der Waals surface area contributed by atoms with Crippen LogP contribution in [0.4, 0.5) is 0 Å². The van der Waals surface area contributed by atoms with Crippen LogP contribution in [0.5, 0.6) is 0 Å². The van der Waals surface area contributed by atoms with Crippen molar-refractivity contribution in [2.75, 3.05) is 0 Å². The average Bonchev–Trinajstić information content (AvgIpc) is 2.63. The van der Waals surface area contributed by atoms with E-state index < -0.39 is 5.97 Å². The summed E-state index contributed by atoms with van der Waals surface area (Å²) in [5.41, 5.74) is 1.64. The molecule has 0 saturated heterocycles. The van der Waals surface area contributed by atoms with E-state index in [0.717, 1.165) is 16.4 Å². The third-order valence-electron chi connectivity index (χ3n) is 2.07. The molecule has 0 unspecified atom stereocenters. The molecule has 0 atom stereocenters. The predicted octanol–water partition coefficient (Wildman–Crippen LogP) is 3.11. The van der Waals surface area contributed by atoms with Crippen LogP contribution in [0.1, 0.15) is 16.1 Å². The van der Waals surface area contributed by atoms with Crippen LogP contribution < -0.4 is 0 Å². The number of hydrogen-bond donors (Lipinski definition) is 1. The Morgan fingerprint density at radius 1 is 1.44 bits per heavy atom. The quantitative estimate of drug-likeness (QED) is 0.919. The Morgan fingerprint density at radius 3 is 2.81 bits per heavy atom. The summed E-state index contributed by atoms with van der Waals surface area (Å²) in [4.78, 5) is 14.6. The van der Waals surface area contributed by atoms with Gasteiger partial charge in [-0.05, 0) is 30.7 Å². The summed E-state index contributed by atoms with van der Waals surface area (Å²) in [7, 11) is 0. The molecule has 2 rings (SSSR count). The Balaban J connectivity index is 2.58. The Morgan fingerprint density at radius 2 is 2.19 bits per heavy atom. The molecule has 0 radical (unpaired) electrons. The maximum atomic E-state index is 10.9. The molecule has 82 valence electrons. The van der Waals surface area contributed by atoms with Crippen LogP contribution in [0.15, 0.2) is 33.5 Å². The molecule has 1 aromatic heterocycles. The first kappa shape index (κ1) is 10.9. The second-order valence-corrected chi connectivity index (χ2v) is 4.27. The largest absolute Gasteiger partial charge is 0.476 e. The van der Waals surface area contributed by atoms with Crippen LogP contribution in [0.2, 0.25) is 0 Å². The van der Waals surface area contributed by atoms with Crippen LogP contribution >= 0.6 is 15.9 Å². The molecule has 1 N–H and O–H groups in total. The molecule has 4 nitrogen and oxygen atoms in total. The number of carboxylic acids is 1. The van der Waals surface area contributed by atoms with Gasteiger partial charge in [-0.3, -0.25) is 0 Å². The zero-order chi connectivity index (χ0) is 11.7. The van der Waals surface area contributed by atoms with E-state index in [1.165, 1.54) is 0 Å². The minimum absolute atomic E-state index is 0.0718. The Bertz CT molecular complexity index is 528. The van der Waals surface area contributed by atoms with E-state index in [2.05, 4.69) is 20.9 Å². The molecule has 0 aliphatic heterocycles. The highest BCUT2D eigenvalue weighted by Gasteiger charge is 2.17. The summed E-state index contributed by atoms with van der Waals surface area (Å²) < 4.78 is 5.98. The number of aromatic nitrogens is 1. The van der Waals surface area contributed by atoms with E-state index in [4.69, 9.17) is 9.52 Å². The molecule has 0 amide bonds. The van der Waals surface area contributed by atoms with Crippen molar-refractivity contribution in [1.29, 1.82) is 0 Å². The highest BCUT2D eigenvalue weighted by atomic mass is 79.9. The molecule has 0 aliphatic carbocycles. The summed E-state index contributed by atoms with van der Waals surface area (Å²) in [6.07, 6.45) is 1.13. The SMILES string of the molecule is Cc1cc(Br)cc(-c2ocnc2C(=O)O)c1. The molecule has 2 aromatic rings. The number of hydrogen-bond acceptors (Lipinski definition) is 3. The number of carbonyl (C=O) groups is 1. The lowest BCUT2D eigenvalue weighted by atomic mass is 10.1. The van der Waals surface area contributed by atoms with Gasteiger partial charge in [-0.2, -0.15) is 0 Å². The molecule has 0 bridgehead atoms. The zero-order valence-corrected chi connectivity index (χ0v) is 9.98. The Labute approximate surface area is 100 Å². The van der Waals surface area contributed by atoms with Crippen LogP contribution in [0.3, 0.4) is 0 Å². The predicted molar refractivity (Wildman–Crippen MR) is 61.3 cm³/mol. The Kier molecular flexibility index (Phi) is 2.78. The fourth-order valence-corrected chi connectivity index (χ4v) is 2.08. The lowest BCUT2D eigenvalue weighted by Crippen LogP contribution is -1.98. The topological polar surface area (TPSA) is 63.3 Å². The van der Waals surface area contributed by atoms with Gasteiger partial charge in [0.25, 0.3) is 0 Å². The van der Waals surface area contributed by atoms with Crippen LogP contribution in [-0.2, 0) is 0 Å². The first-order chi connectivity index (χ1) is 7.58. The van der Waals surface area contributed by atoms with Gasteiger partial charge in [-0.25, -0.2) is 9.78 Å². The number of rotatable bonds is 2. The lowest BCUT2D eigenvalue weighted by molar-refractivity contribution is 0.0691. The van der Waals surface area contributed by atoms with Gasteiger partial charge >= 0.3 is 5.97 Å². The van der Waals surface area contributed by atoms with Gasteiger partial charge in [0.05, 0.1) is 0 Å². The summed E-state index contributed by atoms with van der Waals surface area (Å²) in [6.45, 7) is 1.92. The molecule has 0 saturated carbocycles. The number of oxazole rings is 1. The van der Waals surface area contributed by atoms with Crippen LogP contribution in [0.25, 0.3) is 11.3 Å². The van der Waals surface area contributed by atoms with Gasteiger partial charge in [0.15, 0.2) is 17.8 Å². The van der Waals surface area contributed by atoms with Crippen molar-refractivity contribution >= 4 is 21.9 Å². The smallest absolute Gasteiger partial charge is 0.358 e. The van der Waals surface area contributed by atoms with E-state index in [9.17, 15) is 4.79 Å². The first-order valence-electron chi connectivity index (χ1n) is 4.52. The molecule has 16 heavy (non-hydrogen) atoms. The third-order valence-corrected chi connectivity index (χ3v) is 2.53. The number of aryl methyl sites for hydroxylation is 1. The molecular weight excluding hydrogens is 274 g/mol. The summed E-state index contributed by atoms with van der Waals surface area (Å²) in [5.74, 6) is -0.821. The number of nitrogens with zero attached hydrogens (tertiary/aromatic N) is 1. The first-order valence-corrected chi connectivity index (χ1v) is 5.31. The number of aromatic carboxylic acids is 1. The van der Waals surface area contributed by atoms with Gasteiger partial charge in [-0.1, -0.05) is 15.9 Å². The van der Waals surface area contributed by atoms with Gasteiger partial charge in [-0.15, -0.1) is 0 Å². The van der Waals surface area contributed by atoms with Crippen LogP contribution in [-0.4, -0.2) is 16.1 Å². The van der Waals surface area contributed by atoms with E-state index >= 15 is 0 Å². The molecule has 0 fully saturated rings. The Hall–Kier alpha value is -1.62. The standard InChI is InChI=1S/C11H8BrNO3/c1-6-2-7(4-8(12)3-6)10-9(11(14)15)13-5-16-10/h2-5H,1H3,(H,14,15). The van der Waals surface area contributed by atoms with Crippen molar-refractivity contribution in [3.05, 3.63) is 40.3 Å². The minimum Gasteiger partial charge on any atom is -0.476 e. The zero-order valence-electron chi connectivity index (χ0n) is 8.40. The van der Waals surface area contributed by atoms with Crippen molar-refractivity contribution < 1.29 is 14.3 Å². The fraction of sp³-hybridized carbons (Fsp3) is 0.0909. The molecule has 5 heteroatoms. The molecule has 0 spiro atoms. The normalized spacial score (nSPS) is 10.4. The number of benzene rings is 1. The van der Waals surface area contributed by atoms with Crippen molar-refractivity contribution in [1.82, 2.24) is 4.98 Å². The van der Waals surface area contributed by atoms with Crippen LogP contribution in [0, 0.1) is 6.92 Å². The summed E-state index contributed by atoms with van der Waals surface area (Å²) in [5, 5.41) is 8.92. The number of carboxylic acid groups (broad SMARTS) is 1. The molecular formula is C11H8BrNO3. The highest BCUT2D eigenvalue weighted by molar-refractivity contribution is 9.10. The second kappa shape index (κ2) is 4.09. The molecule has 1 aromatic carbocycles. The average molecular weight is 282 g/mol. The van der Waals surface area contributed by atoms with Crippen molar-refractivity contribution in [2.24, 2.45) is 0 Å². The van der Waals surface area contributed by atoms with E-state index in [1.807, 2.05) is 19.1 Å². The summed E-state index contributed by atoms with van der Waals surface area (Å²) >= 11 is 3.35. The van der Waals surface area contributed by atoms with Crippen molar-refractivity contribution in [2.45, 2.75) is 6.92 Å². The molecule has 1 heterocycles. The second-order valence-electron chi connectivity index (χ2n) is 3.35. The highest BCUT2D eigenvalue weighted by Crippen LogP contribution is 2.27. The van der Waals surface area contributed by atoms with E-state index in [-0.39, 0.29) is 11.5 Å². The maximum absolute atomic E-state index is 10.9. The van der Waals surface area contributed by atoms with Gasteiger partial charge in [0, 0.05) is 10.0 Å².